The van der Waals surface area contributed by atoms with E-state index < -0.39 is 0 Å². The summed E-state index contributed by atoms with van der Waals surface area (Å²) in [6, 6.07) is 16.8. The van der Waals surface area contributed by atoms with Crippen LogP contribution in [0.25, 0.3) is 0 Å². The average Bonchev–Trinajstić information content (AvgIpc) is 3.25. The number of nitrogens with zero attached hydrogens (tertiary/aromatic N) is 1. The van der Waals surface area contributed by atoms with Crippen LogP contribution in [0.15, 0.2) is 48.5 Å². The number of methoxy groups -OCH3 is 1. The van der Waals surface area contributed by atoms with Crippen molar-refractivity contribution in [2.24, 2.45) is 11.8 Å². The van der Waals surface area contributed by atoms with Crippen molar-refractivity contribution in [2.45, 2.75) is 61.7 Å². The van der Waals surface area contributed by atoms with Crippen LogP contribution in [0.1, 0.15) is 53.6 Å². The number of likely N-dealkylation sites (tertiary alicyclic amines) is 1. The molecule has 0 spiro atoms. The van der Waals surface area contributed by atoms with E-state index in [0.29, 0.717) is 11.8 Å². The molecule has 5 unspecified atom stereocenters. The molecule has 0 radical (unpaired) electrons. The molecular weight excluding hydrogens is 386 g/mol. The minimum Gasteiger partial charge on any atom is -0.497 e. The second-order valence-electron chi connectivity index (χ2n) is 10.3. The normalized spacial score (nSPS) is 39.1. The molecule has 4 nitrogen and oxygen atoms in total. The third kappa shape index (κ3) is 2.08. The van der Waals surface area contributed by atoms with Gasteiger partial charge in [0.1, 0.15) is 5.75 Å². The molecule has 2 saturated heterocycles. The Kier molecular flexibility index (Phi) is 3.61. The highest BCUT2D eigenvalue weighted by Gasteiger charge is 2.76. The van der Waals surface area contributed by atoms with Gasteiger partial charge in [0.05, 0.1) is 18.8 Å². The Morgan fingerprint density at radius 1 is 1.13 bits per heavy atom. The van der Waals surface area contributed by atoms with Crippen LogP contribution < -0.4 is 4.74 Å². The number of amides is 1. The third-order valence-corrected chi connectivity index (χ3v) is 9.42. The lowest BCUT2D eigenvalue weighted by atomic mass is 9.43. The summed E-state index contributed by atoms with van der Waals surface area (Å²) in [6.45, 7) is 0.735. The molecule has 2 saturated carbocycles. The molecular formula is C27H29NO3. The van der Waals surface area contributed by atoms with E-state index in [-0.39, 0.29) is 29.1 Å². The van der Waals surface area contributed by atoms with E-state index in [1.54, 1.807) is 7.11 Å². The number of hydrogen-bond donors (Lipinski definition) is 0. The van der Waals surface area contributed by atoms with Gasteiger partial charge in [0.15, 0.2) is 0 Å². The number of carbonyl (C=O) groups is 1. The summed E-state index contributed by atoms with van der Waals surface area (Å²) in [5.74, 6) is 2.11. The fourth-order valence-corrected chi connectivity index (χ4v) is 8.51. The molecule has 5 aliphatic rings. The summed E-state index contributed by atoms with van der Waals surface area (Å²) in [6.07, 6.45) is 7.12. The Bertz CT molecular complexity index is 1070. The Morgan fingerprint density at radius 3 is 2.84 bits per heavy atom. The minimum absolute atomic E-state index is 0.0251. The van der Waals surface area contributed by atoms with E-state index >= 15 is 0 Å². The van der Waals surface area contributed by atoms with Crippen molar-refractivity contribution in [1.82, 2.24) is 4.90 Å². The molecule has 7 rings (SSSR count). The quantitative estimate of drug-likeness (QED) is 0.732. The zero-order valence-electron chi connectivity index (χ0n) is 18.0. The summed E-state index contributed by atoms with van der Waals surface area (Å²) >= 11 is 0. The van der Waals surface area contributed by atoms with Crippen molar-refractivity contribution in [1.29, 1.82) is 0 Å². The van der Waals surface area contributed by atoms with Crippen molar-refractivity contribution < 1.29 is 14.3 Å². The average molecular weight is 416 g/mol. The highest BCUT2D eigenvalue weighted by atomic mass is 16.5. The molecule has 4 heteroatoms. The van der Waals surface area contributed by atoms with Crippen LogP contribution in [-0.4, -0.2) is 42.2 Å². The standard InChI is InChI=1S/C27H29NO3/c1-30-20-10-9-18-14-19-8-5-12-26(21(18)15-20)24-22-11-13-27(19,26)31-23(24)16-28(22)25(29)17-6-3-2-4-7-17/h2-4,6-7,9-10,15,19,22-24H,5,8,11-14,16H2,1H3/t19?,22?,23-,24?,26?,27?/m1/s1. The van der Waals surface area contributed by atoms with E-state index in [4.69, 9.17) is 9.47 Å². The molecule has 31 heavy (non-hydrogen) atoms. The second-order valence-corrected chi connectivity index (χ2v) is 10.3. The Hall–Kier alpha value is -2.33. The fourth-order valence-electron chi connectivity index (χ4n) is 8.51. The Morgan fingerprint density at radius 2 is 2.00 bits per heavy atom. The van der Waals surface area contributed by atoms with Gasteiger partial charge >= 0.3 is 0 Å². The predicted octanol–water partition coefficient (Wildman–Crippen LogP) is 4.36. The Balaban J connectivity index is 1.37. The highest BCUT2D eigenvalue weighted by molar-refractivity contribution is 5.94. The number of hydrogen-bond acceptors (Lipinski definition) is 3. The summed E-state index contributed by atoms with van der Waals surface area (Å²) < 4.78 is 12.8. The number of benzene rings is 2. The molecule has 4 fully saturated rings. The first-order chi connectivity index (χ1) is 15.2. The van der Waals surface area contributed by atoms with Crippen molar-refractivity contribution in [2.75, 3.05) is 13.7 Å². The maximum atomic E-state index is 13.5. The van der Waals surface area contributed by atoms with Crippen molar-refractivity contribution in [3.63, 3.8) is 0 Å². The lowest BCUT2D eigenvalue weighted by Crippen LogP contribution is -2.66. The van der Waals surface area contributed by atoms with Gasteiger partial charge in [-0.25, -0.2) is 0 Å². The molecule has 0 aromatic heterocycles. The molecule has 2 heterocycles. The van der Waals surface area contributed by atoms with Crippen molar-refractivity contribution in [3.05, 3.63) is 65.2 Å². The van der Waals surface area contributed by atoms with Crippen LogP contribution in [0.2, 0.25) is 0 Å². The van der Waals surface area contributed by atoms with Gasteiger partial charge in [-0.15, -0.1) is 0 Å². The van der Waals surface area contributed by atoms with Gasteiger partial charge in [-0.3, -0.25) is 4.79 Å². The molecule has 1 amide bonds. The summed E-state index contributed by atoms with van der Waals surface area (Å²) in [4.78, 5) is 15.6. The predicted molar refractivity (Wildman–Crippen MR) is 117 cm³/mol. The van der Waals surface area contributed by atoms with E-state index in [1.165, 1.54) is 30.4 Å². The maximum Gasteiger partial charge on any atom is 0.254 e. The van der Waals surface area contributed by atoms with Crippen molar-refractivity contribution in [3.8, 4) is 5.75 Å². The van der Waals surface area contributed by atoms with Crippen molar-refractivity contribution >= 4 is 5.91 Å². The summed E-state index contributed by atoms with van der Waals surface area (Å²) in [5.41, 5.74) is 3.73. The minimum atomic E-state index is -0.0433. The van der Waals surface area contributed by atoms with Crippen LogP contribution in [0.4, 0.5) is 0 Å². The van der Waals surface area contributed by atoms with Gasteiger partial charge in [-0.05, 0) is 73.4 Å². The van der Waals surface area contributed by atoms with Gasteiger partial charge in [0, 0.05) is 29.5 Å². The smallest absolute Gasteiger partial charge is 0.254 e. The number of fused-ring (bicyclic) bond motifs is 1. The molecule has 2 aromatic rings. The maximum absolute atomic E-state index is 13.5. The first-order valence-electron chi connectivity index (χ1n) is 11.9. The summed E-state index contributed by atoms with van der Waals surface area (Å²) in [7, 11) is 1.76. The zero-order chi connectivity index (χ0) is 20.8. The second kappa shape index (κ2) is 6.13. The van der Waals surface area contributed by atoms with Crippen LogP contribution in [-0.2, 0) is 16.6 Å². The molecule has 160 valence electrons. The Labute approximate surface area is 183 Å². The number of ether oxygens (including phenoxy) is 2. The van der Waals surface area contributed by atoms with E-state index in [9.17, 15) is 4.79 Å². The first-order valence-corrected chi connectivity index (χ1v) is 11.9. The van der Waals surface area contributed by atoms with Crippen LogP contribution in [0.3, 0.4) is 0 Å². The topological polar surface area (TPSA) is 38.8 Å². The largest absolute Gasteiger partial charge is 0.497 e. The summed E-state index contributed by atoms with van der Waals surface area (Å²) in [5, 5.41) is 0. The lowest BCUT2D eigenvalue weighted by Gasteiger charge is -2.62. The zero-order valence-corrected chi connectivity index (χ0v) is 18.0. The van der Waals surface area contributed by atoms with E-state index in [0.717, 1.165) is 37.1 Å². The van der Waals surface area contributed by atoms with Gasteiger partial charge in [0.25, 0.3) is 5.91 Å². The fraction of sp³-hybridized carbons (Fsp3) is 0.519. The number of rotatable bonds is 2. The van der Waals surface area contributed by atoms with Gasteiger partial charge in [0.2, 0.25) is 0 Å². The number of carbonyl (C=O) groups excluding carboxylic acids is 1. The molecule has 6 atom stereocenters. The van der Waals surface area contributed by atoms with Crippen LogP contribution >= 0.6 is 0 Å². The van der Waals surface area contributed by atoms with Gasteiger partial charge in [-0.1, -0.05) is 30.7 Å². The first kappa shape index (κ1) is 18.3. The monoisotopic (exact) mass is 415 g/mol. The molecule has 0 N–H and O–H groups in total. The molecule has 2 aliphatic heterocycles. The van der Waals surface area contributed by atoms with Crippen LogP contribution in [0.5, 0.6) is 5.75 Å². The van der Waals surface area contributed by atoms with E-state index in [1.807, 2.05) is 30.3 Å². The van der Waals surface area contributed by atoms with E-state index in [2.05, 4.69) is 23.1 Å². The van der Waals surface area contributed by atoms with Gasteiger partial charge in [-0.2, -0.15) is 0 Å². The van der Waals surface area contributed by atoms with Crippen LogP contribution in [0, 0.1) is 11.8 Å². The lowest BCUT2D eigenvalue weighted by molar-refractivity contribution is -0.153. The molecule has 3 aliphatic carbocycles. The SMILES string of the molecule is COc1ccc2c(c1)C13CCCC(C2)C12CCC1C3[C@@H](CN1C(=O)c1ccccc1)O2. The highest BCUT2D eigenvalue weighted by Crippen LogP contribution is 2.71. The molecule has 2 aromatic carbocycles. The van der Waals surface area contributed by atoms with Gasteiger partial charge < -0.3 is 14.4 Å². The third-order valence-electron chi connectivity index (χ3n) is 9.42. The molecule has 4 bridgehead atoms.